The maximum Gasteiger partial charge on any atom is 0.118 e. The monoisotopic (exact) mass is 360 g/mol. The predicted octanol–water partition coefficient (Wildman–Crippen LogP) is 3.51. The van der Waals surface area contributed by atoms with E-state index in [1.54, 1.807) is 7.11 Å². The van der Waals surface area contributed by atoms with Gasteiger partial charge in [-0.25, -0.2) is 0 Å². The molecule has 0 spiro atoms. The molecule has 1 aliphatic rings. The Bertz CT molecular complexity index is 640. The van der Waals surface area contributed by atoms with E-state index in [0.717, 1.165) is 50.2 Å². The molecule has 2 aromatic rings. The minimum atomic E-state index is 0.321. The zero-order valence-corrected chi connectivity index (χ0v) is 15.3. The van der Waals surface area contributed by atoms with Gasteiger partial charge < -0.3 is 14.8 Å². The van der Waals surface area contributed by atoms with Crippen molar-refractivity contribution in [2.75, 3.05) is 40.0 Å². The molecule has 2 aromatic carbocycles. The smallest absolute Gasteiger partial charge is 0.118 e. The molecule has 25 heavy (non-hydrogen) atoms. The normalized spacial score (nSPS) is 16.6. The summed E-state index contributed by atoms with van der Waals surface area (Å²) in [4.78, 5) is 2.49. The highest BCUT2D eigenvalue weighted by atomic mass is 35.5. The van der Waals surface area contributed by atoms with Crippen molar-refractivity contribution in [3.05, 3.63) is 64.7 Å². The summed E-state index contributed by atoms with van der Waals surface area (Å²) in [5.41, 5.74) is 2.53. The molecule has 0 radical (unpaired) electrons. The summed E-state index contributed by atoms with van der Waals surface area (Å²) in [6.07, 6.45) is 0. The van der Waals surface area contributed by atoms with Crippen molar-refractivity contribution in [3.63, 3.8) is 0 Å². The third-order valence-corrected chi connectivity index (χ3v) is 4.82. The van der Waals surface area contributed by atoms with Crippen LogP contribution in [0.4, 0.5) is 0 Å². The fraction of sp³-hybridized carbons (Fsp3) is 0.400. The average Bonchev–Trinajstić information content (AvgIpc) is 2.67. The topological polar surface area (TPSA) is 33.7 Å². The molecule has 0 bridgehead atoms. The standard InChI is InChI=1S/C20H25ClN2O2/c1-24-19-8-4-17(5-9-19)20(23-10-12-25-13-11-23)15-22-14-16-2-6-18(21)7-3-16/h2-9,20,22H,10-15H2,1H3. The molecule has 3 rings (SSSR count). The Hall–Kier alpha value is -1.59. The van der Waals surface area contributed by atoms with E-state index in [-0.39, 0.29) is 0 Å². The van der Waals surface area contributed by atoms with Gasteiger partial charge in [-0.15, -0.1) is 0 Å². The van der Waals surface area contributed by atoms with E-state index in [1.165, 1.54) is 11.1 Å². The van der Waals surface area contributed by atoms with Crippen molar-refractivity contribution < 1.29 is 9.47 Å². The van der Waals surface area contributed by atoms with Gasteiger partial charge in [-0.05, 0) is 35.4 Å². The zero-order chi connectivity index (χ0) is 17.5. The molecular formula is C20H25ClN2O2. The lowest BCUT2D eigenvalue weighted by molar-refractivity contribution is 0.0161. The van der Waals surface area contributed by atoms with Crippen LogP contribution in [0.5, 0.6) is 5.75 Å². The van der Waals surface area contributed by atoms with Crippen LogP contribution in [0.3, 0.4) is 0 Å². The molecule has 4 nitrogen and oxygen atoms in total. The number of ether oxygens (including phenoxy) is 2. The van der Waals surface area contributed by atoms with Gasteiger partial charge in [-0.2, -0.15) is 0 Å². The third kappa shape index (κ3) is 5.19. The van der Waals surface area contributed by atoms with Crippen molar-refractivity contribution in [2.24, 2.45) is 0 Å². The van der Waals surface area contributed by atoms with Gasteiger partial charge in [-0.3, -0.25) is 4.90 Å². The number of nitrogens with one attached hydrogen (secondary N) is 1. The van der Waals surface area contributed by atoms with Crippen molar-refractivity contribution in [3.8, 4) is 5.75 Å². The first-order valence-electron chi connectivity index (χ1n) is 8.67. The largest absolute Gasteiger partial charge is 0.497 e. The number of hydrogen-bond donors (Lipinski definition) is 1. The minimum Gasteiger partial charge on any atom is -0.497 e. The summed E-state index contributed by atoms with van der Waals surface area (Å²) in [6.45, 7) is 5.22. The van der Waals surface area contributed by atoms with Crippen molar-refractivity contribution in [1.29, 1.82) is 0 Å². The summed E-state index contributed by atoms with van der Waals surface area (Å²) in [5.74, 6) is 0.888. The number of rotatable bonds is 7. The second kappa shape index (κ2) is 9.20. The number of benzene rings is 2. The van der Waals surface area contributed by atoms with Crippen LogP contribution in [-0.4, -0.2) is 44.9 Å². The van der Waals surface area contributed by atoms with Crippen LogP contribution < -0.4 is 10.1 Å². The molecule has 1 heterocycles. The Morgan fingerprint density at radius 3 is 2.40 bits per heavy atom. The molecule has 5 heteroatoms. The summed E-state index contributed by atoms with van der Waals surface area (Å²) >= 11 is 5.95. The first kappa shape index (κ1) is 18.2. The van der Waals surface area contributed by atoms with Gasteiger partial charge in [-0.1, -0.05) is 35.9 Å². The van der Waals surface area contributed by atoms with E-state index in [4.69, 9.17) is 21.1 Å². The van der Waals surface area contributed by atoms with Crippen LogP contribution >= 0.6 is 11.6 Å². The minimum absolute atomic E-state index is 0.321. The van der Waals surface area contributed by atoms with Gasteiger partial charge >= 0.3 is 0 Å². The molecule has 1 N–H and O–H groups in total. The molecule has 1 saturated heterocycles. The number of methoxy groups -OCH3 is 1. The number of nitrogens with zero attached hydrogens (tertiary/aromatic N) is 1. The average molecular weight is 361 g/mol. The summed E-state index contributed by atoms with van der Waals surface area (Å²) < 4.78 is 10.8. The maximum absolute atomic E-state index is 5.95. The van der Waals surface area contributed by atoms with Gasteiger partial charge in [0.15, 0.2) is 0 Å². The zero-order valence-electron chi connectivity index (χ0n) is 14.6. The van der Waals surface area contributed by atoms with Gasteiger partial charge in [0, 0.05) is 37.2 Å². The lowest BCUT2D eigenvalue weighted by Crippen LogP contribution is -2.42. The van der Waals surface area contributed by atoms with Crippen LogP contribution in [0.1, 0.15) is 17.2 Å². The fourth-order valence-corrected chi connectivity index (χ4v) is 3.25. The van der Waals surface area contributed by atoms with E-state index >= 15 is 0 Å². The van der Waals surface area contributed by atoms with E-state index in [2.05, 4.69) is 34.5 Å². The Morgan fingerprint density at radius 2 is 1.76 bits per heavy atom. The van der Waals surface area contributed by atoms with Gasteiger partial charge in [0.1, 0.15) is 5.75 Å². The van der Waals surface area contributed by atoms with Crippen LogP contribution in [0.25, 0.3) is 0 Å². The predicted molar refractivity (Wildman–Crippen MR) is 101 cm³/mol. The van der Waals surface area contributed by atoms with Gasteiger partial charge in [0.25, 0.3) is 0 Å². The SMILES string of the molecule is COc1ccc(C(CNCc2ccc(Cl)cc2)N2CCOCC2)cc1. The Labute approximate surface area is 154 Å². The Morgan fingerprint density at radius 1 is 1.08 bits per heavy atom. The number of halogens is 1. The van der Waals surface area contributed by atoms with Crippen molar-refractivity contribution >= 4 is 11.6 Å². The highest BCUT2D eigenvalue weighted by molar-refractivity contribution is 6.30. The van der Waals surface area contributed by atoms with E-state index in [0.29, 0.717) is 6.04 Å². The first-order valence-corrected chi connectivity index (χ1v) is 9.05. The van der Waals surface area contributed by atoms with Crippen LogP contribution in [-0.2, 0) is 11.3 Å². The second-order valence-corrected chi connectivity index (χ2v) is 6.63. The van der Waals surface area contributed by atoms with Gasteiger partial charge in [0.05, 0.1) is 20.3 Å². The lowest BCUT2D eigenvalue weighted by Gasteiger charge is -2.35. The molecule has 0 amide bonds. The van der Waals surface area contributed by atoms with Crippen LogP contribution in [0.15, 0.2) is 48.5 Å². The highest BCUT2D eigenvalue weighted by Crippen LogP contribution is 2.24. The third-order valence-electron chi connectivity index (χ3n) is 4.57. The fourth-order valence-electron chi connectivity index (χ4n) is 3.13. The van der Waals surface area contributed by atoms with E-state index in [1.807, 2.05) is 24.3 Å². The van der Waals surface area contributed by atoms with E-state index in [9.17, 15) is 0 Å². The van der Waals surface area contributed by atoms with Crippen molar-refractivity contribution in [1.82, 2.24) is 10.2 Å². The molecule has 1 aliphatic heterocycles. The summed E-state index contributed by atoms with van der Waals surface area (Å²) in [7, 11) is 1.70. The Balaban J connectivity index is 1.65. The van der Waals surface area contributed by atoms with Gasteiger partial charge in [0.2, 0.25) is 0 Å². The van der Waals surface area contributed by atoms with Crippen LogP contribution in [0.2, 0.25) is 5.02 Å². The maximum atomic E-state index is 5.95. The highest BCUT2D eigenvalue weighted by Gasteiger charge is 2.22. The van der Waals surface area contributed by atoms with E-state index < -0.39 is 0 Å². The molecule has 0 aliphatic carbocycles. The first-order chi connectivity index (χ1) is 12.3. The molecule has 1 unspecified atom stereocenters. The molecule has 134 valence electrons. The quantitative estimate of drug-likeness (QED) is 0.819. The molecular weight excluding hydrogens is 336 g/mol. The molecule has 1 fully saturated rings. The number of morpholine rings is 1. The second-order valence-electron chi connectivity index (χ2n) is 6.19. The molecule has 1 atom stereocenters. The van der Waals surface area contributed by atoms with Crippen LogP contribution in [0, 0.1) is 0 Å². The summed E-state index contributed by atoms with van der Waals surface area (Å²) in [5, 5.41) is 4.36. The lowest BCUT2D eigenvalue weighted by atomic mass is 10.0. The number of hydrogen-bond acceptors (Lipinski definition) is 4. The van der Waals surface area contributed by atoms with Crippen molar-refractivity contribution in [2.45, 2.75) is 12.6 Å². The summed E-state index contributed by atoms with van der Waals surface area (Å²) in [6, 6.07) is 16.7. The molecule has 0 aromatic heterocycles. The molecule has 0 saturated carbocycles. The Kier molecular flexibility index (Phi) is 6.70.